The first kappa shape index (κ1) is 19.1. The number of halogens is 1. The highest BCUT2D eigenvalue weighted by Crippen LogP contribution is 2.30. The zero-order valence-electron chi connectivity index (χ0n) is 14.4. The Morgan fingerprint density at radius 1 is 1.33 bits per heavy atom. The van der Waals surface area contributed by atoms with Gasteiger partial charge in [0.15, 0.2) is 0 Å². The number of benzene rings is 2. The highest BCUT2D eigenvalue weighted by molar-refractivity contribution is 7.99. The third-order valence-corrected chi connectivity index (χ3v) is 5.08. The monoisotopic (exact) mass is 396 g/mol. The van der Waals surface area contributed by atoms with Crippen LogP contribution in [0, 0.1) is 11.3 Å². The number of nitrogens with one attached hydrogen (secondary N) is 1. The summed E-state index contributed by atoms with van der Waals surface area (Å²) in [5.74, 6) is 1.25. The van der Waals surface area contributed by atoms with Crippen LogP contribution >= 0.6 is 23.4 Å². The molecule has 3 rings (SSSR count). The number of ether oxygens (including phenoxy) is 1. The smallest absolute Gasteiger partial charge is 0.248 e. The molecule has 6 heteroatoms. The Morgan fingerprint density at radius 3 is 3.04 bits per heavy atom. The molecule has 0 radical (unpaired) electrons. The highest BCUT2D eigenvalue weighted by atomic mass is 35.5. The number of rotatable bonds is 6. The summed E-state index contributed by atoms with van der Waals surface area (Å²) in [5, 5.41) is 12.2. The van der Waals surface area contributed by atoms with Crippen molar-refractivity contribution in [3.05, 3.63) is 70.8 Å². The predicted octanol–water partition coefficient (Wildman–Crippen LogP) is 5.32. The molecule has 0 spiro atoms. The summed E-state index contributed by atoms with van der Waals surface area (Å²) in [6.45, 7) is 0.402. The SMILES string of the molecule is N#CCCSc1ccccc1NC(=O)/C=C/C1=Cc2cc(Cl)ccc2OC1. The average Bonchev–Trinajstić information content (AvgIpc) is 2.67. The van der Waals surface area contributed by atoms with Crippen LogP contribution in [-0.4, -0.2) is 18.3 Å². The first-order valence-electron chi connectivity index (χ1n) is 8.36. The molecule has 0 aromatic heterocycles. The molecule has 1 N–H and O–H groups in total. The predicted molar refractivity (Wildman–Crippen MR) is 110 cm³/mol. The van der Waals surface area contributed by atoms with Gasteiger partial charge in [-0.15, -0.1) is 11.8 Å². The van der Waals surface area contributed by atoms with E-state index in [1.165, 1.54) is 6.08 Å². The van der Waals surface area contributed by atoms with E-state index in [1.54, 1.807) is 23.9 Å². The van der Waals surface area contributed by atoms with Crippen molar-refractivity contribution in [2.45, 2.75) is 11.3 Å². The van der Waals surface area contributed by atoms with Crippen molar-refractivity contribution >= 4 is 41.0 Å². The van der Waals surface area contributed by atoms with Gasteiger partial charge in [-0.1, -0.05) is 29.8 Å². The topological polar surface area (TPSA) is 62.1 Å². The summed E-state index contributed by atoms with van der Waals surface area (Å²) >= 11 is 7.56. The normalized spacial score (nSPS) is 12.7. The lowest BCUT2D eigenvalue weighted by atomic mass is 10.1. The molecule has 2 aromatic carbocycles. The van der Waals surface area contributed by atoms with Crippen LogP contribution in [0.15, 0.2) is 65.1 Å². The first-order chi connectivity index (χ1) is 13.2. The van der Waals surface area contributed by atoms with Crippen LogP contribution in [0.4, 0.5) is 5.69 Å². The summed E-state index contributed by atoms with van der Waals surface area (Å²) < 4.78 is 5.68. The summed E-state index contributed by atoms with van der Waals surface area (Å²) in [6, 6.07) is 15.1. The molecule has 1 aliphatic heterocycles. The van der Waals surface area contributed by atoms with Gasteiger partial charge in [0.1, 0.15) is 12.4 Å². The van der Waals surface area contributed by atoms with Crippen molar-refractivity contribution in [3.8, 4) is 11.8 Å². The number of amides is 1. The van der Waals surface area contributed by atoms with Crippen molar-refractivity contribution in [2.75, 3.05) is 17.7 Å². The van der Waals surface area contributed by atoms with Crippen molar-refractivity contribution in [1.29, 1.82) is 5.26 Å². The molecular formula is C21H17ClN2O2S. The maximum atomic E-state index is 12.3. The Morgan fingerprint density at radius 2 is 2.19 bits per heavy atom. The van der Waals surface area contributed by atoms with Crippen molar-refractivity contribution < 1.29 is 9.53 Å². The Balaban J connectivity index is 1.66. The summed E-state index contributed by atoms with van der Waals surface area (Å²) in [6.07, 6.45) is 5.65. The number of nitriles is 1. The number of para-hydroxylation sites is 1. The number of fused-ring (bicyclic) bond motifs is 1. The molecule has 0 fully saturated rings. The fourth-order valence-corrected chi connectivity index (χ4v) is 3.56. The van der Waals surface area contributed by atoms with E-state index in [1.807, 2.05) is 42.5 Å². The second-order valence-corrected chi connectivity index (χ2v) is 7.34. The van der Waals surface area contributed by atoms with Gasteiger partial charge in [0.2, 0.25) is 5.91 Å². The molecule has 0 saturated carbocycles. The lowest BCUT2D eigenvalue weighted by molar-refractivity contribution is -0.111. The van der Waals surface area contributed by atoms with Gasteiger partial charge in [-0.3, -0.25) is 4.79 Å². The third kappa shape index (κ3) is 5.40. The van der Waals surface area contributed by atoms with Gasteiger partial charge in [-0.2, -0.15) is 5.26 Å². The van der Waals surface area contributed by atoms with E-state index in [-0.39, 0.29) is 5.91 Å². The Bertz CT molecular complexity index is 947. The summed E-state index contributed by atoms with van der Waals surface area (Å²) in [5.41, 5.74) is 2.52. The van der Waals surface area contributed by atoms with Crippen molar-refractivity contribution in [1.82, 2.24) is 0 Å². The average molecular weight is 397 g/mol. The van der Waals surface area contributed by atoms with Crippen molar-refractivity contribution in [2.24, 2.45) is 0 Å². The van der Waals surface area contributed by atoms with Gasteiger partial charge in [0, 0.05) is 33.7 Å². The van der Waals surface area contributed by atoms with Crippen molar-refractivity contribution in [3.63, 3.8) is 0 Å². The molecule has 0 aliphatic carbocycles. The van der Waals surface area contributed by atoms with Crippen LogP contribution in [0.3, 0.4) is 0 Å². The zero-order valence-corrected chi connectivity index (χ0v) is 16.0. The van der Waals surface area contributed by atoms with E-state index in [2.05, 4.69) is 11.4 Å². The number of carbonyl (C=O) groups is 1. The molecule has 0 bridgehead atoms. The van der Waals surface area contributed by atoms with Gasteiger partial charge >= 0.3 is 0 Å². The standard InChI is InChI=1S/C21H17ClN2O2S/c22-17-7-8-19-16(13-17)12-15(14-26-19)6-9-21(25)24-18-4-1-2-5-20(18)27-11-3-10-23/h1-2,4-9,12-13H,3,11,14H2,(H,24,25)/b9-6+. The first-order valence-corrected chi connectivity index (χ1v) is 9.73. The Kier molecular flexibility index (Phi) is 6.59. The summed E-state index contributed by atoms with van der Waals surface area (Å²) in [7, 11) is 0. The van der Waals surface area contributed by atoms with E-state index in [0.717, 1.165) is 27.5 Å². The van der Waals surface area contributed by atoms with Gasteiger partial charge in [0.25, 0.3) is 0 Å². The third-order valence-electron chi connectivity index (χ3n) is 3.77. The molecule has 1 aliphatic rings. The van der Waals surface area contributed by atoms with E-state index >= 15 is 0 Å². The minimum Gasteiger partial charge on any atom is -0.488 e. The van der Waals surface area contributed by atoms with Crippen LogP contribution in [0.1, 0.15) is 12.0 Å². The number of hydrogen-bond donors (Lipinski definition) is 1. The van der Waals surface area contributed by atoms with Gasteiger partial charge < -0.3 is 10.1 Å². The van der Waals surface area contributed by atoms with Crippen LogP contribution in [0.25, 0.3) is 6.08 Å². The number of carbonyl (C=O) groups excluding carboxylic acids is 1. The minimum atomic E-state index is -0.221. The molecule has 0 unspecified atom stereocenters. The van der Waals surface area contributed by atoms with Crippen LogP contribution < -0.4 is 10.1 Å². The van der Waals surface area contributed by atoms with Gasteiger partial charge in [0.05, 0.1) is 11.8 Å². The number of hydrogen-bond acceptors (Lipinski definition) is 4. The van der Waals surface area contributed by atoms with Gasteiger partial charge in [-0.05, 0) is 42.0 Å². The van der Waals surface area contributed by atoms with E-state index in [9.17, 15) is 4.79 Å². The molecule has 4 nitrogen and oxygen atoms in total. The molecule has 2 aromatic rings. The zero-order chi connectivity index (χ0) is 19.1. The van der Waals surface area contributed by atoms with E-state index in [0.29, 0.717) is 23.8 Å². The minimum absolute atomic E-state index is 0.221. The fraction of sp³-hybridized carbons (Fsp3) is 0.143. The number of nitrogens with zero attached hydrogens (tertiary/aromatic N) is 1. The quantitative estimate of drug-likeness (QED) is 0.408. The number of thioether (sulfide) groups is 1. The molecule has 0 atom stereocenters. The lowest BCUT2D eigenvalue weighted by Gasteiger charge is -2.16. The highest BCUT2D eigenvalue weighted by Gasteiger charge is 2.11. The largest absolute Gasteiger partial charge is 0.488 e. The second kappa shape index (κ2) is 9.31. The Hall–Kier alpha value is -2.68. The van der Waals surface area contributed by atoms with E-state index in [4.69, 9.17) is 21.6 Å². The van der Waals surface area contributed by atoms with E-state index < -0.39 is 0 Å². The maximum Gasteiger partial charge on any atom is 0.248 e. The van der Waals surface area contributed by atoms with Gasteiger partial charge in [-0.25, -0.2) is 0 Å². The maximum absolute atomic E-state index is 12.3. The molecule has 1 heterocycles. The molecular weight excluding hydrogens is 380 g/mol. The molecule has 27 heavy (non-hydrogen) atoms. The molecule has 0 saturated heterocycles. The second-order valence-electron chi connectivity index (χ2n) is 5.77. The van der Waals surface area contributed by atoms with Crippen LogP contribution in [-0.2, 0) is 4.79 Å². The fourth-order valence-electron chi connectivity index (χ4n) is 2.52. The lowest BCUT2D eigenvalue weighted by Crippen LogP contribution is -2.10. The molecule has 136 valence electrons. The molecule has 1 amide bonds. The van der Waals surface area contributed by atoms with Crippen LogP contribution in [0.5, 0.6) is 5.75 Å². The Labute approximate surface area is 167 Å². The summed E-state index contributed by atoms with van der Waals surface area (Å²) in [4.78, 5) is 13.2. The number of anilines is 1. The van der Waals surface area contributed by atoms with Crippen LogP contribution in [0.2, 0.25) is 5.02 Å².